The molecule has 0 unspecified atom stereocenters. The Kier molecular flexibility index (Phi) is 9.59. The Morgan fingerprint density at radius 1 is 1.40 bits per heavy atom. The number of ether oxygens (including phenoxy) is 1. The van der Waals surface area contributed by atoms with Gasteiger partial charge in [-0.3, -0.25) is 4.79 Å². The molecule has 0 rings (SSSR count). The van der Waals surface area contributed by atoms with Crippen LogP contribution < -0.4 is 5.32 Å². The van der Waals surface area contributed by atoms with Crippen LogP contribution >= 0.6 is 0 Å². The number of hydrogen-bond donors (Lipinski definition) is 1. The summed E-state index contributed by atoms with van der Waals surface area (Å²) in [4.78, 5) is 11.2. The minimum atomic E-state index is 0. The molecule has 0 aromatic heterocycles. The molecule has 1 N–H and O–H groups in total. The zero-order chi connectivity index (χ0) is 11.5. The number of carbonyl (C=O) groups is 1. The van der Waals surface area contributed by atoms with Crippen LogP contribution in [0.2, 0.25) is 0 Å². The van der Waals surface area contributed by atoms with Gasteiger partial charge in [-0.2, -0.15) is 0 Å². The molecular formula is C12H27NO2. The number of unbranched alkanes of at least 4 members (excludes halogenated alkanes) is 1. The smallest absolute Gasteiger partial charge is 0.245 e. The second kappa shape index (κ2) is 9.97. The summed E-state index contributed by atoms with van der Waals surface area (Å²) < 4.78 is 5.20. The van der Waals surface area contributed by atoms with Gasteiger partial charge in [0.05, 0.1) is 0 Å². The minimum Gasteiger partial charge on any atom is -0.372 e. The number of hydrogen-bond acceptors (Lipinski definition) is 2. The van der Waals surface area contributed by atoms with E-state index in [1.807, 2.05) is 0 Å². The standard InChI is InChI=1S/C12H25NO2.H2/c1-4-5-9-15-10-12(14)13-8-6-7-11(2)3;/h11H,4-10H2,1-3H3,(H,13,14);1H. The first kappa shape index (κ1) is 14.4. The Morgan fingerprint density at radius 3 is 2.73 bits per heavy atom. The Labute approximate surface area is 95.1 Å². The van der Waals surface area contributed by atoms with Gasteiger partial charge in [0.15, 0.2) is 0 Å². The van der Waals surface area contributed by atoms with Gasteiger partial charge >= 0.3 is 0 Å². The highest BCUT2D eigenvalue weighted by Gasteiger charge is 2.00. The third-order valence-corrected chi connectivity index (χ3v) is 2.16. The molecular weight excluding hydrogens is 190 g/mol. The summed E-state index contributed by atoms with van der Waals surface area (Å²) in [7, 11) is 0. The molecule has 0 aliphatic rings. The maximum absolute atomic E-state index is 11.2. The molecule has 0 radical (unpaired) electrons. The van der Waals surface area contributed by atoms with Crippen molar-refractivity contribution in [3.8, 4) is 0 Å². The van der Waals surface area contributed by atoms with Crippen molar-refractivity contribution in [2.24, 2.45) is 5.92 Å². The predicted octanol–water partition coefficient (Wildman–Crippen LogP) is 2.60. The van der Waals surface area contributed by atoms with Gasteiger partial charge in [0, 0.05) is 14.6 Å². The zero-order valence-electron chi connectivity index (χ0n) is 10.3. The third kappa shape index (κ3) is 11.4. The quantitative estimate of drug-likeness (QED) is 0.603. The van der Waals surface area contributed by atoms with Crippen molar-refractivity contribution in [2.75, 3.05) is 19.8 Å². The highest BCUT2D eigenvalue weighted by molar-refractivity contribution is 5.77. The van der Waals surface area contributed by atoms with Crippen LogP contribution in [0.25, 0.3) is 0 Å². The maximum Gasteiger partial charge on any atom is 0.245 e. The van der Waals surface area contributed by atoms with Crippen molar-refractivity contribution in [2.45, 2.75) is 46.5 Å². The van der Waals surface area contributed by atoms with Crippen molar-refractivity contribution in [1.29, 1.82) is 0 Å². The average molecular weight is 217 g/mol. The zero-order valence-corrected chi connectivity index (χ0v) is 10.3. The van der Waals surface area contributed by atoms with Gasteiger partial charge in [0.1, 0.15) is 6.61 Å². The second-order valence-corrected chi connectivity index (χ2v) is 4.29. The molecule has 3 nitrogen and oxygen atoms in total. The monoisotopic (exact) mass is 217 g/mol. The maximum atomic E-state index is 11.2. The van der Waals surface area contributed by atoms with E-state index in [1.165, 1.54) is 0 Å². The first-order valence-corrected chi connectivity index (χ1v) is 6.01. The number of amides is 1. The van der Waals surface area contributed by atoms with Gasteiger partial charge in [0.25, 0.3) is 0 Å². The molecule has 0 bridgehead atoms. The molecule has 0 aromatic rings. The summed E-state index contributed by atoms with van der Waals surface area (Å²) in [6.07, 6.45) is 4.35. The molecule has 0 aliphatic carbocycles. The molecule has 0 heterocycles. The van der Waals surface area contributed by atoms with Crippen molar-refractivity contribution in [3.05, 3.63) is 0 Å². The molecule has 0 fully saturated rings. The van der Waals surface area contributed by atoms with Crippen LogP contribution in [0.15, 0.2) is 0 Å². The highest BCUT2D eigenvalue weighted by atomic mass is 16.5. The lowest BCUT2D eigenvalue weighted by Gasteiger charge is -2.07. The fraction of sp³-hybridized carbons (Fsp3) is 0.917. The molecule has 0 atom stereocenters. The first-order valence-electron chi connectivity index (χ1n) is 6.01. The van der Waals surface area contributed by atoms with Crippen LogP contribution in [0.5, 0.6) is 0 Å². The van der Waals surface area contributed by atoms with E-state index >= 15 is 0 Å². The molecule has 0 spiro atoms. The molecule has 0 saturated heterocycles. The topological polar surface area (TPSA) is 38.3 Å². The number of nitrogens with one attached hydrogen (secondary N) is 1. The molecule has 0 aliphatic heterocycles. The fourth-order valence-electron chi connectivity index (χ4n) is 1.20. The summed E-state index contributed by atoms with van der Waals surface area (Å²) in [6, 6.07) is 0. The van der Waals surface area contributed by atoms with Crippen LogP contribution in [-0.2, 0) is 9.53 Å². The lowest BCUT2D eigenvalue weighted by atomic mass is 10.1. The minimum absolute atomic E-state index is 0. The molecule has 0 aromatic carbocycles. The number of carbonyl (C=O) groups excluding carboxylic acids is 1. The SMILES string of the molecule is CCCCOCC(=O)NCCCC(C)C.[HH]. The number of rotatable bonds is 9. The van der Waals surface area contributed by atoms with Crippen molar-refractivity contribution in [3.63, 3.8) is 0 Å². The molecule has 92 valence electrons. The van der Waals surface area contributed by atoms with Crippen LogP contribution in [0, 0.1) is 5.92 Å². The average Bonchev–Trinajstić information content (AvgIpc) is 2.19. The van der Waals surface area contributed by atoms with Crippen LogP contribution in [-0.4, -0.2) is 25.7 Å². The summed E-state index contributed by atoms with van der Waals surface area (Å²) in [5, 5.41) is 2.85. The van der Waals surface area contributed by atoms with Crippen LogP contribution in [0.4, 0.5) is 0 Å². The molecule has 3 heteroatoms. The largest absolute Gasteiger partial charge is 0.372 e. The van der Waals surface area contributed by atoms with E-state index in [0.29, 0.717) is 12.5 Å². The van der Waals surface area contributed by atoms with Crippen molar-refractivity contribution < 1.29 is 11.0 Å². The Bertz CT molecular complexity index is 163. The van der Waals surface area contributed by atoms with E-state index in [-0.39, 0.29) is 13.9 Å². The summed E-state index contributed by atoms with van der Waals surface area (Å²) >= 11 is 0. The van der Waals surface area contributed by atoms with Gasteiger partial charge < -0.3 is 10.1 Å². The fourth-order valence-corrected chi connectivity index (χ4v) is 1.20. The summed E-state index contributed by atoms with van der Waals surface area (Å²) in [6.45, 7) is 8.16. The predicted molar refractivity (Wildman–Crippen MR) is 64.9 cm³/mol. The van der Waals surface area contributed by atoms with Crippen molar-refractivity contribution in [1.82, 2.24) is 5.32 Å². The second-order valence-electron chi connectivity index (χ2n) is 4.29. The Balaban J connectivity index is 0. The van der Waals surface area contributed by atoms with Gasteiger partial charge in [-0.15, -0.1) is 0 Å². The van der Waals surface area contributed by atoms with E-state index in [4.69, 9.17) is 4.74 Å². The van der Waals surface area contributed by atoms with Gasteiger partial charge in [0.2, 0.25) is 5.91 Å². The highest BCUT2D eigenvalue weighted by Crippen LogP contribution is 2.01. The summed E-state index contributed by atoms with van der Waals surface area (Å²) in [5.41, 5.74) is 0. The van der Waals surface area contributed by atoms with E-state index in [9.17, 15) is 4.79 Å². The van der Waals surface area contributed by atoms with Gasteiger partial charge in [-0.05, 0) is 25.2 Å². The van der Waals surface area contributed by atoms with E-state index < -0.39 is 0 Å². The van der Waals surface area contributed by atoms with Crippen LogP contribution in [0.1, 0.15) is 47.9 Å². The lowest BCUT2D eigenvalue weighted by molar-refractivity contribution is -0.125. The molecule has 1 amide bonds. The third-order valence-electron chi connectivity index (χ3n) is 2.16. The Morgan fingerprint density at radius 2 is 2.13 bits per heavy atom. The summed E-state index contributed by atoms with van der Waals surface area (Å²) in [5.74, 6) is 0.720. The Hall–Kier alpha value is -0.570. The first-order chi connectivity index (χ1) is 7.16. The molecule has 15 heavy (non-hydrogen) atoms. The van der Waals surface area contributed by atoms with E-state index in [2.05, 4.69) is 26.1 Å². The molecule has 0 saturated carbocycles. The normalized spacial score (nSPS) is 10.7. The van der Waals surface area contributed by atoms with Crippen LogP contribution in [0.3, 0.4) is 0 Å². The van der Waals surface area contributed by atoms with Gasteiger partial charge in [-0.1, -0.05) is 27.2 Å². The van der Waals surface area contributed by atoms with Gasteiger partial charge in [-0.25, -0.2) is 0 Å². The van der Waals surface area contributed by atoms with Crippen molar-refractivity contribution >= 4 is 5.91 Å². The van der Waals surface area contributed by atoms with E-state index in [0.717, 1.165) is 32.2 Å². The lowest BCUT2D eigenvalue weighted by Crippen LogP contribution is -2.28. The van der Waals surface area contributed by atoms with E-state index in [1.54, 1.807) is 0 Å².